The van der Waals surface area contributed by atoms with Crippen molar-refractivity contribution in [2.45, 2.75) is 26.3 Å². The third kappa shape index (κ3) is 4.03. The summed E-state index contributed by atoms with van der Waals surface area (Å²) >= 11 is 0. The number of nitrogens with zero attached hydrogens (tertiary/aromatic N) is 4. The van der Waals surface area contributed by atoms with Crippen molar-refractivity contribution in [3.8, 4) is 0 Å². The Bertz CT molecular complexity index is 910. The van der Waals surface area contributed by atoms with Crippen LogP contribution in [0.2, 0.25) is 0 Å². The van der Waals surface area contributed by atoms with E-state index in [1.54, 1.807) is 0 Å². The zero-order chi connectivity index (χ0) is 18.6. The SMILES string of the molecule is Cc1nc2ccccn2c1CCC(=O)N1CCN(Cc2ccccc2)CC1. The molecule has 1 amide bonds. The highest BCUT2D eigenvalue weighted by Gasteiger charge is 2.21. The minimum Gasteiger partial charge on any atom is -0.340 e. The quantitative estimate of drug-likeness (QED) is 0.701. The molecule has 1 aliphatic rings. The summed E-state index contributed by atoms with van der Waals surface area (Å²) < 4.78 is 2.10. The second kappa shape index (κ2) is 7.92. The van der Waals surface area contributed by atoms with Crippen LogP contribution in [0.1, 0.15) is 23.4 Å². The molecule has 5 heteroatoms. The van der Waals surface area contributed by atoms with E-state index in [4.69, 9.17) is 0 Å². The van der Waals surface area contributed by atoms with Crippen LogP contribution in [0.15, 0.2) is 54.7 Å². The molecule has 3 aromatic rings. The zero-order valence-corrected chi connectivity index (χ0v) is 15.8. The highest BCUT2D eigenvalue weighted by atomic mass is 16.2. The van der Waals surface area contributed by atoms with E-state index < -0.39 is 0 Å². The van der Waals surface area contributed by atoms with Crippen LogP contribution in [0.25, 0.3) is 5.65 Å². The molecule has 1 saturated heterocycles. The van der Waals surface area contributed by atoms with Crippen molar-refractivity contribution >= 4 is 11.6 Å². The Kier molecular flexibility index (Phi) is 5.21. The van der Waals surface area contributed by atoms with Crippen molar-refractivity contribution in [1.29, 1.82) is 0 Å². The Morgan fingerprint density at radius 3 is 2.52 bits per heavy atom. The molecular weight excluding hydrogens is 336 g/mol. The number of aromatic nitrogens is 2. The maximum Gasteiger partial charge on any atom is 0.223 e. The van der Waals surface area contributed by atoms with Gasteiger partial charge in [-0.05, 0) is 31.0 Å². The number of carbonyl (C=O) groups is 1. The van der Waals surface area contributed by atoms with Crippen LogP contribution in [0.3, 0.4) is 0 Å². The molecule has 1 aliphatic heterocycles. The number of hydrogen-bond acceptors (Lipinski definition) is 3. The summed E-state index contributed by atoms with van der Waals surface area (Å²) in [6.07, 6.45) is 3.31. The molecule has 0 bridgehead atoms. The fraction of sp³-hybridized carbons (Fsp3) is 0.364. The Balaban J connectivity index is 1.30. The van der Waals surface area contributed by atoms with Crippen LogP contribution in [-0.2, 0) is 17.8 Å². The molecule has 1 fully saturated rings. The van der Waals surface area contributed by atoms with Gasteiger partial charge in [-0.3, -0.25) is 9.69 Å². The summed E-state index contributed by atoms with van der Waals surface area (Å²) in [5.74, 6) is 0.250. The third-order valence-corrected chi connectivity index (χ3v) is 5.38. The van der Waals surface area contributed by atoms with Crippen molar-refractivity contribution in [3.63, 3.8) is 0 Å². The summed E-state index contributed by atoms with van der Waals surface area (Å²) in [6.45, 7) is 6.50. The molecule has 0 spiro atoms. The first-order chi connectivity index (χ1) is 13.2. The van der Waals surface area contributed by atoms with E-state index in [9.17, 15) is 4.79 Å². The van der Waals surface area contributed by atoms with Crippen LogP contribution in [0.5, 0.6) is 0 Å². The van der Waals surface area contributed by atoms with E-state index in [-0.39, 0.29) is 5.91 Å². The van der Waals surface area contributed by atoms with Gasteiger partial charge in [0.1, 0.15) is 5.65 Å². The number of amides is 1. The fourth-order valence-electron chi connectivity index (χ4n) is 3.85. The van der Waals surface area contributed by atoms with E-state index in [1.165, 1.54) is 5.56 Å². The standard InChI is InChI=1S/C22H26N4O/c1-18-20(26-12-6-5-9-21(26)23-18)10-11-22(27)25-15-13-24(14-16-25)17-19-7-3-2-4-8-19/h2-9,12H,10-11,13-17H2,1H3. The van der Waals surface area contributed by atoms with Gasteiger partial charge in [0.15, 0.2) is 0 Å². The number of aryl methyl sites for hydroxylation is 2. The topological polar surface area (TPSA) is 40.9 Å². The number of piperazine rings is 1. The van der Waals surface area contributed by atoms with Gasteiger partial charge < -0.3 is 9.30 Å². The predicted octanol–water partition coefficient (Wildman–Crippen LogP) is 2.92. The van der Waals surface area contributed by atoms with Crippen molar-refractivity contribution in [1.82, 2.24) is 19.2 Å². The third-order valence-electron chi connectivity index (χ3n) is 5.38. The number of pyridine rings is 1. The van der Waals surface area contributed by atoms with Gasteiger partial charge in [0.2, 0.25) is 5.91 Å². The first-order valence-electron chi connectivity index (χ1n) is 9.67. The van der Waals surface area contributed by atoms with Crippen molar-refractivity contribution < 1.29 is 4.79 Å². The maximum absolute atomic E-state index is 12.7. The molecule has 1 aromatic carbocycles. The minimum atomic E-state index is 0.250. The van der Waals surface area contributed by atoms with Gasteiger partial charge in [0.05, 0.1) is 5.69 Å². The number of carbonyl (C=O) groups excluding carboxylic acids is 1. The lowest BCUT2D eigenvalue weighted by atomic mass is 10.1. The summed E-state index contributed by atoms with van der Waals surface area (Å²) in [4.78, 5) is 21.7. The predicted molar refractivity (Wildman–Crippen MR) is 107 cm³/mol. The average Bonchev–Trinajstić information content (AvgIpc) is 3.02. The van der Waals surface area contributed by atoms with E-state index in [0.717, 1.165) is 56.2 Å². The smallest absolute Gasteiger partial charge is 0.223 e. The fourth-order valence-corrected chi connectivity index (χ4v) is 3.85. The first kappa shape index (κ1) is 17.7. The summed E-state index contributed by atoms with van der Waals surface area (Å²) in [6, 6.07) is 16.5. The molecule has 0 aliphatic carbocycles. The van der Waals surface area contributed by atoms with Crippen molar-refractivity contribution in [2.24, 2.45) is 0 Å². The summed E-state index contributed by atoms with van der Waals surface area (Å²) in [5.41, 5.74) is 4.44. The number of imidazole rings is 1. The molecule has 2 aromatic heterocycles. The molecule has 3 heterocycles. The van der Waals surface area contributed by atoms with Gasteiger partial charge >= 0.3 is 0 Å². The van der Waals surface area contributed by atoms with Crippen LogP contribution < -0.4 is 0 Å². The Hall–Kier alpha value is -2.66. The highest BCUT2D eigenvalue weighted by Crippen LogP contribution is 2.15. The monoisotopic (exact) mass is 362 g/mol. The molecule has 0 radical (unpaired) electrons. The summed E-state index contributed by atoms with van der Waals surface area (Å²) in [7, 11) is 0. The van der Waals surface area contributed by atoms with Gasteiger partial charge in [-0.1, -0.05) is 36.4 Å². The molecule has 0 N–H and O–H groups in total. The van der Waals surface area contributed by atoms with Gasteiger partial charge in [0.25, 0.3) is 0 Å². The summed E-state index contributed by atoms with van der Waals surface area (Å²) in [5, 5.41) is 0. The number of benzene rings is 1. The van der Waals surface area contributed by atoms with E-state index in [0.29, 0.717) is 6.42 Å². The number of fused-ring (bicyclic) bond motifs is 1. The average molecular weight is 362 g/mol. The van der Waals surface area contributed by atoms with Gasteiger partial charge in [0, 0.05) is 51.0 Å². The molecule has 0 saturated carbocycles. The highest BCUT2D eigenvalue weighted by molar-refractivity contribution is 5.76. The Labute approximate surface area is 160 Å². The van der Waals surface area contributed by atoms with E-state index in [2.05, 4.69) is 38.6 Å². The first-order valence-corrected chi connectivity index (χ1v) is 9.67. The van der Waals surface area contributed by atoms with Crippen molar-refractivity contribution in [2.75, 3.05) is 26.2 Å². The van der Waals surface area contributed by atoms with Gasteiger partial charge in [-0.25, -0.2) is 4.98 Å². The van der Waals surface area contributed by atoms with Crippen LogP contribution in [-0.4, -0.2) is 51.3 Å². The van der Waals surface area contributed by atoms with Crippen LogP contribution >= 0.6 is 0 Å². The molecule has 5 nitrogen and oxygen atoms in total. The molecule has 140 valence electrons. The lowest BCUT2D eigenvalue weighted by Gasteiger charge is -2.34. The molecule has 0 unspecified atom stereocenters. The molecule has 4 rings (SSSR count). The molecule has 27 heavy (non-hydrogen) atoms. The number of rotatable bonds is 5. The number of hydrogen-bond donors (Lipinski definition) is 0. The second-order valence-corrected chi connectivity index (χ2v) is 7.22. The Morgan fingerprint density at radius 1 is 1.00 bits per heavy atom. The molecular formula is C22H26N4O. The van der Waals surface area contributed by atoms with Crippen LogP contribution in [0, 0.1) is 6.92 Å². The van der Waals surface area contributed by atoms with E-state index >= 15 is 0 Å². The largest absolute Gasteiger partial charge is 0.340 e. The lowest BCUT2D eigenvalue weighted by molar-refractivity contribution is -0.133. The second-order valence-electron chi connectivity index (χ2n) is 7.22. The van der Waals surface area contributed by atoms with Gasteiger partial charge in [-0.2, -0.15) is 0 Å². The van der Waals surface area contributed by atoms with Crippen LogP contribution in [0.4, 0.5) is 0 Å². The zero-order valence-electron chi connectivity index (χ0n) is 15.8. The Morgan fingerprint density at radius 2 is 1.74 bits per heavy atom. The minimum absolute atomic E-state index is 0.250. The van der Waals surface area contributed by atoms with Crippen molar-refractivity contribution in [3.05, 3.63) is 71.7 Å². The lowest BCUT2D eigenvalue weighted by Crippen LogP contribution is -2.48. The molecule has 0 atom stereocenters. The van der Waals surface area contributed by atoms with Gasteiger partial charge in [-0.15, -0.1) is 0 Å². The van der Waals surface area contributed by atoms with E-state index in [1.807, 2.05) is 42.3 Å². The maximum atomic E-state index is 12.7. The normalized spacial score (nSPS) is 15.4.